The summed E-state index contributed by atoms with van der Waals surface area (Å²) in [7, 11) is 0. The van der Waals surface area contributed by atoms with Crippen LogP contribution in [0.5, 0.6) is 0 Å². The zero-order chi connectivity index (χ0) is 9.03. The van der Waals surface area contributed by atoms with E-state index >= 15 is 0 Å². The van der Waals surface area contributed by atoms with E-state index in [1.54, 1.807) is 0 Å². The van der Waals surface area contributed by atoms with Gasteiger partial charge >= 0.3 is 0 Å². The Hall–Kier alpha value is -0.570. The summed E-state index contributed by atoms with van der Waals surface area (Å²) in [5.74, 6) is 0.282. The first-order valence-electron chi connectivity index (χ1n) is 4.55. The van der Waals surface area contributed by atoms with E-state index in [4.69, 9.17) is 14.9 Å². The quantitative estimate of drug-likeness (QED) is 0.509. The van der Waals surface area contributed by atoms with Crippen LogP contribution in [0.3, 0.4) is 0 Å². The topological polar surface area (TPSA) is 42.3 Å². The number of hydrogen-bond acceptors (Lipinski definition) is 3. The Kier molecular flexibility index (Phi) is 3.09. The van der Waals surface area contributed by atoms with Crippen LogP contribution in [0.15, 0.2) is 0 Å². The first-order chi connectivity index (χ1) is 5.69. The highest BCUT2D eigenvalue weighted by atomic mass is 16.5. The molecule has 70 valence electrons. The summed E-state index contributed by atoms with van der Waals surface area (Å²) in [5, 5.41) is 7.63. The lowest BCUT2D eigenvalue weighted by Gasteiger charge is -2.33. The maximum atomic E-state index is 7.63. The molecule has 1 atom stereocenters. The minimum atomic E-state index is -0.450. The molecule has 0 aromatic carbocycles. The van der Waals surface area contributed by atoms with Crippen molar-refractivity contribution in [2.24, 2.45) is 0 Å². The largest absolute Gasteiger partial charge is 0.479 e. The van der Waals surface area contributed by atoms with E-state index in [1.165, 1.54) is 0 Å². The monoisotopic (exact) mass is 171 g/mol. The van der Waals surface area contributed by atoms with Gasteiger partial charge in [0, 0.05) is 6.61 Å². The Balaban J connectivity index is 2.50. The van der Waals surface area contributed by atoms with Crippen molar-refractivity contribution in [2.45, 2.75) is 38.7 Å². The normalized spacial score (nSPS) is 29.8. The van der Waals surface area contributed by atoms with Crippen molar-refractivity contribution in [1.29, 1.82) is 5.41 Å². The third kappa shape index (κ3) is 1.97. The molecule has 3 nitrogen and oxygen atoms in total. The second kappa shape index (κ2) is 3.90. The smallest absolute Gasteiger partial charge is 0.213 e. The average Bonchev–Trinajstić information content (AvgIpc) is 2.06. The third-order valence-corrected chi connectivity index (χ3v) is 2.24. The second-order valence-electron chi connectivity index (χ2n) is 3.30. The predicted octanol–water partition coefficient (Wildman–Crippen LogP) is 1.96. The van der Waals surface area contributed by atoms with Crippen molar-refractivity contribution in [3.63, 3.8) is 0 Å². The summed E-state index contributed by atoms with van der Waals surface area (Å²) < 4.78 is 10.7. The van der Waals surface area contributed by atoms with Crippen molar-refractivity contribution >= 4 is 5.90 Å². The molecule has 1 fully saturated rings. The van der Waals surface area contributed by atoms with Gasteiger partial charge in [0.1, 0.15) is 5.60 Å². The fourth-order valence-corrected chi connectivity index (χ4v) is 1.41. The van der Waals surface area contributed by atoms with Crippen LogP contribution in [-0.2, 0) is 9.47 Å². The summed E-state index contributed by atoms with van der Waals surface area (Å²) in [6.07, 6.45) is 3.15. The van der Waals surface area contributed by atoms with Crippen LogP contribution >= 0.6 is 0 Å². The molecule has 1 rings (SSSR count). The molecule has 0 aliphatic carbocycles. The summed E-state index contributed by atoms with van der Waals surface area (Å²) >= 11 is 0. The molecular formula is C9H17NO2. The van der Waals surface area contributed by atoms with Gasteiger partial charge in [-0.1, -0.05) is 0 Å². The Morgan fingerprint density at radius 3 is 2.83 bits per heavy atom. The first-order valence-corrected chi connectivity index (χ1v) is 4.55. The minimum absolute atomic E-state index is 0.282. The molecule has 0 radical (unpaired) electrons. The molecule has 0 aromatic heterocycles. The maximum absolute atomic E-state index is 7.63. The molecule has 0 spiro atoms. The molecule has 1 unspecified atom stereocenters. The van der Waals surface area contributed by atoms with E-state index in [-0.39, 0.29) is 5.90 Å². The maximum Gasteiger partial charge on any atom is 0.213 e. The van der Waals surface area contributed by atoms with Crippen molar-refractivity contribution < 1.29 is 9.47 Å². The van der Waals surface area contributed by atoms with E-state index in [0.29, 0.717) is 6.61 Å². The van der Waals surface area contributed by atoms with Crippen molar-refractivity contribution in [1.82, 2.24) is 0 Å². The molecule has 0 amide bonds. The van der Waals surface area contributed by atoms with E-state index in [1.807, 2.05) is 13.8 Å². The Morgan fingerprint density at radius 2 is 2.33 bits per heavy atom. The number of ether oxygens (including phenoxy) is 2. The summed E-state index contributed by atoms with van der Waals surface area (Å²) in [5.41, 5.74) is -0.450. The van der Waals surface area contributed by atoms with Crippen molar-refractivity contribution in [3.8, 4) is 0 Å². The second-order valence-corrected chi connectivity index (χ2v) is 3.30. The van der Waals surface area contributed by atoms with Crippen LogP contribution in [0.1, 0.15) is 33.1 Å². The predicted molar refractivity (Wildman–Crippen MR) is 47.6 cm³/mol. The van der Waals surface area contributed by atoms with Crippen LogP contribution in [0.4, 0.5) is 0 Å². The van der Waals surface area contributed by atoms with E-state index < -0.39 is 5.60 Å². The molecule has 0 saturated carbocycles. The lowest BCUT2D eigenvalue weighted by molar-refractivity contribution is -0.0310. The van der Waals surface area contributed by atoms with Crippen LogP contribution < -0.4 is 0 Å². The van der Waals surface area contributed by atoms with Gasteiger partial charge in [-0.3, -0.25) is 5.41 Å². The molecule has 0 bridgehead atoms. The molecule has 1 heterocycles. The number of hydrogen-bond donors (Lipinski definition) is 1. The molecular weight excluding hydrogens is 154 g/mol. The van der Waals surface area contributed by atoms with Crippen LogP contribution in [0.2, 0.25) is 0 Å². The molecule has 3 heteroatoms. The van der Waals surface area contributed by atoms with Crippen LogP contribution in [0.25, 0.3) is 0 Å². The summed E-state index contributed by atoms with van der Waals surface area (Å²) in [6.45, 7) is 5.13. The van der Waals surface area contributed by atoms with Crippen LogP contribution in [0, 0.1) is 5.41 Å². The van der Waals surface area contributed by atoms with E-state index in [2.05, 4.69) is 0 Å². The molecule has 1 saturated heterocycles. The number of rotatable bonds is 2. The number of nitrogens with one attached hydrogen (secondary N) is 1. The first kappa shape index (κ1) is 9.52. The Labute approximate surface area is 73.6 Å². The van der Waals surface area contributed by atoms with Crippen molar-refractivity contribution in [3.05, 3.63) is 0 Å². The fraction of sp³-hybridized carbons (Fsp3) is 0.889. The SMILES string of the molecule is CCOC(=N)C1(C)CCCCO1. The average molecular weight is 171 g/mol. The zero-order valence-electron chi connectivity index (χ0n) is 7.85. The van der Waals surface area contributed by atoms with Gasteiger partial charge in [0.25, 0.3) is 0 Å². The van der Waals surface area contributed by atoms with Crippen LogP contribution in [-0.4, -0.2) is 24.7 Å². The third-order valence-electron chi connectivity index (χ3n) is 2.24. The zero-order valence-corrected chi connectivity index (χ0v) is 7.85. The summed E-state index contributed by atoms with van der Waals surface area (Å²) in [4.78, 5) is 0. The van der Waals surface area contributed by atoms with E-state index in [9.17, 15) is 0 Å². The van der Waals surface area contributed by atoms with Gasteiger partial charge in [-0.15, -0.1) is 0 Å². The van der Waals surface area contributed by atoms with E-state index in [0.717, 1.165) is 25.9 Å². The molecule has 1 aliphatic rings. The molecule has 1 aliphatic heterocycles. The highest BCUT2D eigenvalue weighted by molar-refractivity contribution is 5.81. The van der Waals surface area contributed by atoms with Gasteiger partial charge in [0.15, 0.2) is 0 Å². The lowest BCUT2D eigenvalue weighted by Crippen LogP contribution is -2.42. The standard InChI is InChI=1S/C9H17NO2/c1-3-11-8(10)9(2)6-4-5-7-12-9/h10H,3-7H2,1-2H3. The Bertz CT molecular complexity index is 162. The van der Waals surface area contributed by atoms with Gasteiger partial charge in [0.2, 0.25) is 5.90 Å². The lowest BCUT2D eigenvalue weighted by atomic mass is 9.96. The van der Waals surface area contributed by atoms with Gasteiger partial charge in [-0.05, 0) is 33.1 Å². The fourth-order valence-electron chi connectivity index (χ4n) is 1.41. The highest BCUT2D eigenvalue weighted by Gasteiger charge is 2.34. The van der Waals surface area contributed by atoms with Crippen molar-refractivity contribution in [2.75, 3.05) is 13.2 Å². The highest BCUT2D eigenvalue weighted by Crippen LogP contribution is 2.25. The van der Waals surface area contributed by atoms with Gasteiger partial charge in [0.05, 0.1) is 6.61 Å². The van der Waals surface area contributed by atoms with Gasteiger partial charge in [-0.25, -0.2) is 0 Å². The van der Waals surface area contributed by atoms with Gasteiger partial charge in [-0.2, -0.15) is 0 Å². The summed E-state index contributed by atoms with van der Waals surface area (Å²) in [6, 6.07) is 0. The molecule has 0 aromatic rings. The Morgan fingerprint density at radius 1 is 1.58 bits per heavy atom. The molecule has 1 N–H and O–H groups in total. The minimum Gasteiger partial charge on any atom is -0.479 e. The molecule has 12 heavy (non-hydrogen) atoms. The van der Waals surface area contributed by atoms with Gasteiger partial charge < -0.3 is 9.47 Å².